The molecule has 8 heteroatoms. The number of sulfonamides is 1. The standard InChI is InChI=1S/C13H17F2NO4S/c1-20-13(17)5-3-2-4-8-16-21(18,19)12-9-10(14)6-7-11(12)15/h6-7,9,16H,2-5,8H2,1H3. The maximum atomic E-state index is 13.4. The third kappa shape index (κ3) is 5.76. The number of carbonyl (C=O) groups excluding carboxylic acids is 1. The number of hydrogen-bond acceptors (Lipinski definition) is 4. The number of esters is 1. The number of benzene rings is 1. The Bertz CT molecular complexity index is 590. The summed E-state index contributed by atoms with van der Waals surface area (Å²) in [5.74, 6) is -2.15. The second-order valence-corrected chi connectivity index (χ2v) is 6.09. The van der Waals surface area contributed by atoms with E-state index in [-0.39, 0.29) is 18.9 Å². The first-order chi connectivity index (χ1) is 9.86. The zero-order valence-corrected chi connectivity index (χ0v) is 12.4. The van der Waals surface area contributed by atoms with Gasteiger partial charge in [0.2, 0.25) is 10.0 Å². The van der Waals surface area contributed by atoms with Gasteiger partial charge < -0.3 is 4.74 Å². The van der Waals surface area contributed by atoms with Crippen molar-refractivity contribution in [1.29, 1.82) is 0 Å². The molecule has 5 nitrogen and oxygen atoms in total. The van der Waals surface area contributed by atoms with Crippen molar-refractivity contribution in [2.45, 2.75) is 30.6 Å². The van der Waals surface area contributed by atoms with Crippen LogP contribution in [0.5, 0.6) is 0 Å². The summed E-state index contributed by atoms with van der Waals surface area (Å²) in [6, 6.07) is 2.25. The molecule has 0 aliphatic rings. The van der Waals surface area contributed by atoms with Crippen LogP contribution in [0.15, 0.2) is 23.1 Å². The van der Waals surface area contributed by atoms with Gasteiger partial charge in [-0.15, -0.1) is 0 Å². The van der Waals surface area contributed by atoms with E-state index >= 15 is 0 Å². The molecule has 0 aliphatic heterocycles. The Morgan fingerprint density at radius 2 is 1.95 bits per heavy atom. The number of carbonyl (C=O) groups is 1. The summed E-state index contributed by atoms with van der Waals surface area (Å²) in [5.41, 5.74) is 0. The quantitative estimate of drug-likeness (QED) is 0.587. The smallest absolute Gasteiger partial charge is 0.305 e. The van der Waals surface area contributed by atoms with Gasteiger partial charge in [-0.2, -0.15) is 0 Å². The van der Waals surface area contributed by atoms with Gasteiger partial charge in [0.15, 0.2) is 0 Å². The zero-order chi connectivity index (χ0) is 15.9. The summed E-state index contributed by atoms with van der Waals surface area (Å²) < 4.78 is 56.6. The van der Waals surface area contributed by atoms with Crippen molar-refractivity contribution in [2.75, 3.05) is 13.7 Å². The normalized spacial score (nSPS) is 11.4. The Kier molecular flexibility index (Phi) is 6.70. The average molecular weight is 321 g/mol. The van der Waals surface area contributed by atoms with E-state index in [0.717, 1.165) is 12.1 Å². The van der Waals surface area contributed by atoms with Crippen LogP contribution in [0.25, 0.3) is 0 Å². The van der Waals surface area contributed by atoms with Crippen molar-refractivity contribution >= 4 is 16.0 Å². The topological polar surface area (TPSA) is 72.5 Å². The lowest BCUT2D eigenvalue weighted by Gasteiger charge is -2.07. The van der Waals surface area contributed by atoms with E-state index in [1.807, 2.05) is 0 Å². The fourth-order valence-corrected chi connectivity index (χ4v) is 2.80. The number of ether oxygens (including phenoxy) is 1. The molecule has 0 aromatic heterocycles. The van der Waals surface area contributed by atoms with Gasteiger partial charge in [-0.3, -0.25) is 4.79 Å². The van der Waals surface area contributed by atoms with E-state index in [0.29, 0.717) is 25.3 Å². The molecular weight excluding hydrogens is 304 g/mol. The van der Waals surface area contributed by atoms with Crippen LogP contribution in [0.4, 0.5) is 8.78 Å². The monoisotopic (exact) mass is 321 g/mol. The van der Waals surface area contributed by atoms with Crippen molar-refractivity contribution in [2.24, 2.45) is 0 Å². The molecule has 0 amide bonds. The van der Waals surface area contributed by atoms with Crippen LogP contribution in [0.1, 0.15) is 25.7 Å². The predicted molar refractivity (Wildman–Crippen MR) is 72.0 cm³/mol. The maximum absolute atomic E-state index is 13.4. The average Bonchev–Trinajstić information content (AvgIpc) is 2.44. The fourth-order valence-electron chi connectivity index (χ4n) is 1.64. The van der Waals surface area contributed by atoms with Gasteiger partial charge in [0.1, 0.15) is 16.5 Å². The minimum Gasteiger partial charge on any atom is -0.469 e. The lowest BCUT2D eigenvalue weighted by atomic mass is 10.2. The minimum absolute atomic E-state index is 0.0828. The van der Waals surface area contributed by atoms with E-state index < -0.39 is 26.6 Å². The maximum Gasteiger partial charge on any atom is 0.305 e. The van der Waals surface area contributed by atoms with Gasteiger partial charge in [0.05, 0.1) is 7.11 Å². The fraction of sp³-hybridized carbons (Fsp3) is 0.462. The Balaban J connectivity index is 2.43. The summed E-state index contributed by atoms with van der Waals surface area (Å²) in [6.07, 6.45) is 1.93. The van der Waals surface area contributed by atoms with E-state index in [1.54, 1.807) is 0 Å². The number of hydrogen-bond donors (Lipinski definition) is 1. The van der Waals surface area contributed by atoms with Crippen molar-refractivity contribution in [3.63, 3.8) is 0 Å². The summed E-state index contributed by atoms with van der Waals surface area (Å²) in [6.45, 7) is 0.0828. The molecule has 0 atom stereocenters. The molecule has 0 bridgehead atoms. The van der Waals surface area contributed by atoms with Crippen LogP contribution in [-0.2, 0) is 19.6 Å². The number of halogens is 2. The number of nitrogens with one attached hydrogen (secondary N) is 1. The Hall–Kier alpha value is -1.54. The van der Waals surface area contributed by atoms with Crippen molar-refractivity contribution in [1.82, 2.24) is 4.72 Å². The molecule has 0 unspecified atom stereocenters. The van der Waals surface area contributed by atoms with Crippen molar-refractivity contribution in [3.8, 4) is 0 Å². The molecule has 1 rings (SSSR count). The molecular formula is C13H17F2NO4S. The van der Waals surface area contributed by atoms with Gasteiger partial charge in [-0.1, -0.05) is 6.42 Å². The van der Waals surface area contributed by atoms with Crippen LogP contribution < -0.4 is 4.72 Å². The largest absolute Gasteiger partial charge is 0.469 e. The molecule has 0 radical (unpaired) electrons. The minimum atomic E-state index is -4.08. The highest BCUT2D eigenvalue weighted by molar-refractivity contribution is 7.89. The van der Waals surface area contributed by atoms with Crippen LogP contribution in [-0.4, -0.2) is 28.0 Å². The van der Waals surface area contributed by atoms with E-state index in [4.69, 9.17) is 0 Å². The van der Waals surface area contributed by atoms with Crippen LogP contribution in [0.2, 0.25) is 0 Å². The molecule has 0 fully saturated rings. The summed E-state index contributed by atoms with van der Waals surface area (Å²) in [7, 11) is -2.78. The van der Waals surface area contributed by atoms with Gasteiger partial charge in [0.25, 0.3) is 0 Å². The number of unbranched alkanes of at least 4 members (excludes halogenated alkanes) is 2. The number of rotatable bonds is 8. The molecule has 1 N–H and O–H groups in total. The van der Waals surface area contributed by atoms with Crippen molar-refractivity contribution in [3.05, 3.63) is 29.8 Å². The molecule has 1 aromatic rings. The molecule has 0 saturated heterocycles. The van der Waals surface area contributed by atoms with E-state index in [1.165, 1.54) is 7.11 Å². The lowest BCUT2D eigenvalue weighted by Crippen LogP contribution is -2.25. The second-order valence-electron chi connectivity index (χ2n) is 4.36. The van der Waals surface area contributed by atoms with Gasteiger partial charge in [-0.25, -0.2) is 21.9 Å². The third-order valence-corrected chi connectivity index (χ3v) is 4.24. The van der Waals surface area contributed by atoms with Gasteiger partial charge >= 0.3 is 5.97 Å². The first kappa shape index (κ1) is 17.5. The third-order valence-electron chi connectivity index (χ3n) is 2.76. The highest BCUT2D eigenvalue weighted by Crippen LogP contribution is 2.15. The predicted octanol–water partition coefficient (Wildman–Crippen LogP) is 1.98. The molecule has 21 heavy (non-hydrogen) atoms. The first-order valence-electron chi connectivity index (χ1n) is 6.38. The SMILES string of the molecule is COC(=O)CCCCCNS(=O)(=O)c1cc(F)ccc1F. The highest BCUT2D eigenvalue weighted by Gasteiger charge is 2.19. The van der Waals surface area contributed by atoms with E-state index in [2.05, 4.69) is 9.46 Å². The second kappa shape index (κ2) is 8.04. The highest BCUT2D eigenvalue weighted by atomic mass is 32.2. The zero-order valence-electron chi connectivity index (χ0n) is 11.6. The Morgan fingerprint density at radius 1 is 1.24 bits per heavy atom. The molecule has 0 saturated carbocycles. The molecule has 0 aliphatic carbocycles. The summed E-state index contributed by atoms with van der Waals surface area (Å²) >= 11 is 0. The number of methoxy groups -OCH3 is 1. The van der Waals surface area contributed by atoms with Crippen LogP contribution >= 0.6 is 0 Å². The van der Waals surface area contributed by atoms with Crippen LogP contribution in [0, 0.1) is 11.6 Å². The molecule has 118 valence electrons. The summed E-state index contributed by atoms with van der Waals surface area (Å²) in [4.78, 5) is 10.1. The lowest BCUT2D eigenvalue weighted by molar-refractivity contribution is -0.140. The van der Waals surface area contributed by atoms with Crippen LogP contribution in [0.3, 0.4) is 0 Å². The molecule has 1 aromatic carbocycles. The van der Waals surface area contributed by atoms with Gasteiger partial charge in [0, 0.05) is 13.0 Å². The first-order valence-corrected chi connectivity index (χ1v) is 7.86. The molecule has 0 heterocycles. The summed E-state index contributed by atoms with van der Waals surface area (Å²) in [5, 5.41) is 0. The van der Waals surface area contributed by atoms with Gasteiger partial charge in [-0.05, 0) is 31.0 Å². The Labute approximate surface area is 122 Å². The van der Waals surface area contributed by atoms with E-state index in [9.17, 15) is 22.0 Å². The Morgan fingerprint density at radius 3 is 2.62 bits per heavy atom. The molecule has 0 spiro atoms. The van der Waals surface area contributed by atoms with Crippen molar-refractivity contribution < 1.29 is 26.7 Å².